The number of anilines is 1. The summed E-state index contributed by atoms with van der Waals surface area (Å²) in [7, 11) is 0. The number of rotatable bonds is 2. The second-order valence-electron chi connectivity index (χ2n) is 7.84. The lowest BCUT2D eigenvalue weighted by molar-refractivity contribution is -0.906. The molecule has 0 bridgehead atoms. The van der Waals surface area contributed by atoms with Gasteiger partial charge in [-0.15, -0.1) is 0 Å². The van der Waals surface area contributed by atoms with E-state index in [9.17, 15) is 4.79 Å². The molecule has 1 aromatic rings. The Bertz CT molecular complexity index is 674. The van der Waals surface area contributed by atoms with Crippen LogP contribution in [0, 0.1) is 0 Å². The Kier molecular flexibility index (Phi) is 4.24. The number of benzene rings is 1. The maximum absolute atomic E-state index is 13.5. The summed E-state index contributed by atoms with van der Waals surface area (Å²) < 4.78 is 18.3. The van der Waals surface area contributed by atoms with Gasteiger partial charge in [-0.3, -0.25) is 9.69 Å². The van der Waals surface area contributed by atoms with Crippen LogP contribution < -0.4 is 9.80 Å². The first-order chi connectivity index (χ1) is 12.8. The quantitative estimate of drug-likeness (QED) is 0.849. The van der Waals surface area contributed by atoms with E-state index >= 15 is 0 Å². The van der Waals surface area contributed by atoms with Crippen molar-refractivity contribution in [2.75, 3.05) is 37.9 Å². The second kappa shape index (κ2) is 6.60. The van der Waals surface area contributed by atoms with Crippen molar-refractivity contribution in [1.82, 2.24) is 0 Å². The molecule has 4 aliphatic rings. The third-order valence-corrected chi connectivity index (χ3v) is 6.18. The van der Waals surface area contributed by atoms with Gasteiger partial charge in [-0.2, -0.15) is 0 Å². The lowest BCUT2D eigenvalue weighted by atomic mass is 10.1. The average Bonchev–Trinajstić information content (AvgIpc) is 3.05. The van der Waals surface area contributed by atoms with Gasteiger partial charge < -0.3 is 19.1 Å². The molecule has 3 aliphatic heterocycles. The molecule has 1 amide bonds. The summed E-state index contributed by atoms with van der Waals surface area (Å²) in [6.45, 7) is 3.99. The van der Waals surface area contributed by atoms with Crippen molar-refractivity contribution < 1.29 is 23.9 Å². The van der Waals surface area contributed by atoms with Crippen molar-refractivity contribution in [2.24, 2.45) is 0 Å². The van der Waals surface area contributed by atoms with Crippen LogP contribution in [0.2, 0.25) is 0 Å². The van der Waals surface area contributed by atoms with Gasteiger partial charge in [0.1, 0.15) is 13.1 Å². The van der Waals surface area contributed by atoms with E-state index in [-0.39, 0.29) is 18.1 Å². The summed E-state index contributed by atoms with van der Waals surface area (Å²) in [5.41, 5.74) is 1.82. The molecule has 6 nitrogen and oxygen atoms in total. The SMILES string of the molecule is O=C1N(C[NH+]2CCOCC2)c2ccccc2C12O[C@H]1CCCCC[C@H]1O2. The molecule has 1 N–H and O–H groups in total. The largest absolute Gasteiger partial charge is 0.370 e. The number of carbonyl (C=O) groups excluding carboxylic acids is 1. The van der Waals surface area contributed by atoms with Gasteiger partial charge in [-0.05, 0) is 18.9 Å². The first-order valence-electron chi connectivity index (χ1n) is 9.96. The lowest BCUT2D eigenvalue weighted by Gasteiger charge is -2.29. The Hall–Kier alpha value is -1.47. The zero-order valence-corrected chi connectivity index (χ0v) is 15.1. The predicted octanol–water partition coefficient (Wildman–Crippen LogP) is 0.807. The van der Waals surface area contributed by atoms with E-state index in [1.807, 2.05) is 29.2 Å². The fourth-order valence-corrected chi connectivity index (χ4v) is 4.78. The molecule has 0 radical (unpaired) electrons. The topological polar surface area (TPSA) is 52.4 Å². The molecule has 5 rings (SSSR count). The zero-order chi connectivity index (χ0) is 17.6. The minimum absolute atomic E-state index is 0.0326. The average molecular weight is 359 g/mol. The van der Waals surface area contributed by atoms with Crippen LogP contribution in [0.3, 0.4) is 0 Å². The minimum Gasteiger partial charge on any atom is -0.370 e. The maximum atomic E-state index is 13.5. The fourth-order valence-electron chi connectivity index (χ4n) is 4.78. The van der Waals surface area contributed by atoms with Crippen molar-refractivity contribution >= 4 is 11.6 Å². The molecule has 3 atom stereocenters. The summed E-state index contributed by atoms with van der Waals surface area (Å²) in [5, 5.41) is 0. The van der Waals surface area contributed by atoms with E-state index in [0.29, 0.717) is 6.67 Å². The van der Waals surface area contributed by atoms with Crippen LogP contribution >= 0.6 is 0 Å². The Morgan fingerprint density at radius 3 is 2.46 bits per heavy atom. The van der Waals surface area contributed by atoms with E-state index in [0.717, 1.165) is 63.2 Å². The molecule has 1 aliphatic carbocycles. The number of ether oxygens (including phenoxy) is 3. The van der Waals surface area contributed by atoms with Crippen molar-refractivity contribution in [2.45, 2.75) is 50.1 Å². The zero-order valence-electron chi connectivity index (χ0n) is 15.1. The van der Waals surface area contributed by atoms with Crippen molar-refractivity contribution in [1.29, 1.82) is 0 Å². The monoisotopic (exact) mass is 359 g/mol. The summed E-state index contributed by atoms with van der Waals surface area (Å²) in [5.74, 6) is -1.28. The number of fused-ring (bicyclic) bond motifs is 3. The number of nitrogens with zero attached hydrogens (tertiary/aromatic N) is 1. The fraction of sp³-hybridized carbons (Fsp3) is 0.650. The smallest absolute Gasteiger partial charge is 0.296 e. The van der Waals surface area contributed by atoms with E-state index in [4.69, 9.17) is 14.2 Å². The molecule has 1 aromatic carbocycles. The number of nitrogens with one attached hydrogen (secondary N) is 1. The molecular formula is C20H27N2O4+. The van der Waals surface area contributed by atoms with E-state index < -0.39 is 5.79 Å². The first kappa shape index (κ1) is 16.7. The molecule has 1 unspecified atom stereocenters. The van der Waals surface area contributed by atoms with Crippen LogP contribution in [-0.4, -0.2) is 51.1 Å². The minimum atomic E-state index is -1.23. The molecular weight excluding hydrogens is 332 g/mol. The summed E-state index contributed by atoms with van der Waals surface area (Å²) >= 11 is 0. The molecule has 3 fully saturated rings. The summed E-state index contributed by atoms with van der Waals surface area (Å²) in [6.07, 6.45) is 5.56. The van der Waals surface area contributed by atoms with Gasteiger partial charge in [0.05, 0.1) is 31.1 Å². The number of quaternary nitrogens is 1. The number of para-hydroxylation sites is 1. The van der Waals surface area contributed by atoms with Crippen LogP contribution in [0.15, 0.2) is 24.3 Å². The first-order valence-corrected chi connectivity index (χ1v) is 9.96. The molecule has 2 saturated heterocycles. The third kappa shape index (κ3) is 2.59. The molecule has 0 aromatic heterocycles. The second-order valence-corrected chi connectivity index (χ2v) is 7.84. The van der Waals surface area contributed by atoms with Crippen molar-refractivity contribution in [3.05, 3.63) is 29.8 Å². The number of carbonyl (C=O) groups is 1. The Morgan fingerprint density at radius 2 is 1.73 bits per heavy atom. The van der Waals surface area contributed by atoms with Gasteiger partial charge in [-0.25, -0.2) is 0 Å². The number of hydrogen-bond donors (Lipinski definition) is 1. The van der Waals surface area contributed by atoms with Crippen LogP contribution in [0.5, 0.6) is 0 Å². The molecule has 1 spiro atoms. The predicted molar refractivity (Wildman–Crippen MR) is 94.8 cm³/mol. The Balaban J connectivity index is 1.46. The van der Waals surface area contributed by atoms with E-state index in [1.165, 1.54) is 11.3 Å². The number of morpholine rings is 1. The maximum Gasteiger partial charge on any atom is 0.296 e. The highest BCUT2D eigenvalue weighted by Crippen LogP contribution is 2.50. The van der Waals surface area contributed by atoms with Gasteiger partial charge in [0.2, 0.25) is 0 Å². The van der Waals surface area contributed by atoms with E-state index in [2.05, 4.69) is 0 Å². The van der Waals surface area contributed by atoms with Gasteiger partial charge in [0.25, 0.3) is 11.7 Å². The van der Waals surface area contributed by atoms with Crippen LogP contribution in [0.4, 0.5) is 5.69 Å². The highest BCUT2D eigenvalue weighted by Gasteiger charge is 2.61. The van der Waals surface area contributed by atoms with Crippen molar-refractivity contribution in [3.63, 3.8) is 0 Å². The standard InChI is InChI=1S/C20H26N2O4/c23-19-20(25-17-8-2-1-3-9-18(17)26-20)15-6-4-5-7-16(15)22(19)14-21-10-12-24-13-11-21/h4-7,17-18H,1-3,8-14H2/p+1/t17-,18+,20?. The third-order valence-electron chi connectivity index (χ3n) is 6.18. The molecule has 140 valence electrons. The van der Waals surface area contributed by atoms with Crippen molar-refractivity contribution in [3.8, 4) is 0 Å². The lowest BCUT2D eigenvalue weighted by Crippen LogP contribution is -3.15. The Morgan fingerprint density at radius 1 is 1.04 bits per heavy atom. The van der Waals surface area contributed by atoms with Gasteiger partial charge in [-0.1, -0.05) is 37.5 Å². The number of hydrogen-bond acceptors (Lipinski definition) is 4. The highest BCUT2D eigenvalue weighted by atomic mass is 16.8. The van der Waals surface area contributed by atoms with E-state index in [1.54, 1.807) is 0 Å². The van der Waals surface area contributed by atoms with Gasteiger partial charge >= 0.3 is 0 Å². The molecule has 1 saturated carbocycles. The summed E-state index contributed by atoms with van der Waals surface area (Å²) in [6, 6.07) is 7.97. The number of amides is 1. The molecule has 3 heterocycles. The van der Waals surface area contributed by atoms with Crippen LogP contribution in [0.25, 0.3) is 0 Å². The molecule has 26 heavy (non-hydrogen) atoms. The molecule has 6 heteroatoms. The highest BCUT2D eigenvalue weighted by molar-refractivity contribution is 6.06. The van der Waals surface area contributed by atoms with Gasteiger partial charge in [0, 0.05) is 5.56 Å². The normalized spacial score (nSPS) is 34.8. The Labute approximate surface area is 154 Å². The van der Waals surface area contributed by atoms with Gasteiger partial charge in [0.15, 0.2) is 6.67 Å². The summed E-state index contributed by atoms with van der Waals surface area (Å²) in [4.78, 5) is 16.8. The van der Waals surface area contributed by atoms with Crippen LogP contribution in [-0.2, 0) is 24.8 Å². The van der Waals surface area contributed by atoms with Crippen LogP contribution in [0.1, 0.15) is 37.7 Å².